The van der Waals surface area contributed by atoms with Gasteiger partial charge in [0.2, 0.25) is 0 Å². The SMILES string of the molecule is NCc1cccc(S(=O)(=O)Nc2cccc(Cl)c2)c1. The lowest BCUT2D eigenvalue weighted by Crippen LogP contribution is -2.13. The second-order valence-corrected chi connectivity index (χ2v) is 6.09. The fourth-order valence-corrected chi connectivity index (χ4v) is 2.92. The summed E-state index contributed by atoms with van der Waals surface area (Å²) < 4.78 is 26.8. The zero-order valence-corrected chi connectivity index (χ0v) is 11.6. The maximum absolute atomic E-state index is 12.2. The van der Waals surface area contributed by atoms with Crippen molar-refractivity contribution in [2.24, 2.45) is 5.73 Å². The highest BCUT2D eigenvalue weighted by Crippen LogP contribution is 2.19. The highest BCUT2D eigenvalue weighted by atomic mass is 35.5. The number of hydrogen-bond acceptors (Lipinski definition) is 3. The molecule has 2 aromatic carbocycles. The van der Waals surface area contributed by atoms with Crippen LogP contribution in [0, 0.1) is 0 Å². The maximum Gasteiger partial charge on any atom is 0.261 e. The Morgan fingerprint density at radius 1 is 1.11 bits per heavy atom. The van der Waals surface area contributed by atoms with Gasteiger partial charge < -0.3 is 5.73 Å². The van der Waals surface area contributed by atoms with Crippen LogP contribution in [0.2, 0.25) is 5.02 Å². The molecule has 0 radical (unpaired) electrons. The fourth-order valence-electron chi connectivity index (χ4n) is 1.61. The molecule has 100 valence electrons. The Morgan fingerprint density at radius 3 is 2.53 bits per heavy atom. The molecule has 0 aromatic heterocycles. The first-order valence-corrected chi connectivity index (χ1v) is 7.45. The van der Waals surface area contributed by atoms with E-state index in [9.17, 15) is 8.42 Å². The molecule has 0 fully saturated rings. The molecule has 0 spiro atoms. The Kier molecular flexibility index (Phi) is 4.09. The molecule has 0 aliphatic rings. The maximum atomic E-state index is 12.2. The van der Waals surface area contributed by atoms with Crippen LogP contribution in [-0.4, -0.2) is 8.42 Å². The quantitative estimate of drug-likeness (QED) is 0.911. The molecule has 19 heavy (non-hydrogen) atoms. The van der Waals surface area contributed by atoms with Crippen LogP contribution in [0.1, 0.15) is 5.56 Å². The standard InChI is InChI=1S/C13H13ClN2O2S/c14-11-4-2-5-12(8-11)16-19(17,18)13-6-1-3-10(7-13)9-15/h1-8,16H,9,15H2. The molecule has 0 unspecified atom stereocenters. The minimum Gasteiger partial charge on any atom is -0.326 e. The highest BCUT2D eigenvalue weighted by molar-refractivity contribution is 7.92. The topological polar surface area (TPSA) is 72.2 Å². The largest absolute Gasteiger partial charge is 0.326 e. The third-order valence-corrected chi connectivity index (χ3v) is 4.14. The summed E-state index contributed by atoms with van der Waals surface area (Å²) in [5.41, 5.74) is 6.68. The van der Waals surface area contributed by atoms with Crippen LogP contribution in [0.3, 0.4) is 0 Å². The Morgan fingerprint density at radius 2 is 1.84 bits per heavy atom. The van der Waals surface area contributed by atoms with Gasteiger partial charge in [0.25, 0.3) is 10.0 Å². The third kappa shape index (κ3) is 3.47. The van der Waals surface area contributed by atoms with Gasteiger partial charge in [-0.25, -0.2) is 8.42 Å². The van der Waals surface area contributed by atoms with Crippen molar-refractivity contribution in [3.05, 3.63) is 59.1 Å². The van der Waals surface area contributed by atoms with Gasteiger partial charge in [-0.3, -0.25) is 4.72 Å². The molecule has 2 rings (SSSR count). The van der Waals surface area contributed by atoms with E-state index in [1.165, 1.54) is 6.07 Å². The molecule has 0 saturated carbocycles. The Hall–Kier alpha value is -1.56. The minimum absolute atomic E-state index is 0.176. The first-order valence-electron chi connectivity index (χ1n) is 5.59. The highest BCUT2D eigenvalue weighted by Gasteiger charge is 2.14. The van der Waals surface area contributed by atoms with Crippen molar-refractivity contribution in [1.29, 1.82) is 0 Å². The average molecular weight is 297 g/mol. The van der Waals surface area contributed by atoms with Gasteiger partial charge in [-0.15, -0.1) is 0 Å². The molecular formula is C13H13ClN2O2S. The van der Waals surface area contributed by atoms with Crippen molar-refractivity contribution in [2.75, 3.05) is 4.72 Å². The van der Waals surface area contributed by atoms with Crippen LogP contribution >= 0.6 is 11.6 Å². The van der Waals surface area contributed by atoms with Gasteiger partial charge in [0, 0.05) is 11.6 Å². The van der Waals surface area contributed by atoms with Crippen molar-refractivity contribution in [1.82, 2.24) is 0 Å². The molecule has 3 N–H and O–H groups in total. The monoisotopic (exact) mass is 296 g/mol. The summed E-state index contributed by atoms with van der Waals surface area (Å²) in [4.78, 5) is 0.176. The van der Waals surface area contributed by atoms with E-state index in [1.807, 2.05) is 0 Å². The van der Waals surface area contributed by atoms with Crippen molar-refractivity contribution in [3.8, 4) is 0 Å². The molecule has 0 heterocycles. The van der Waals surface area contributed by atoms with E-state index < -0.39 is 10.0 Å². The summed E-state index contributed by atoms with van der Waals surface area (Å²) in [6.07, 6.45) is 0. The smallest absolute Gasteiger partial charge is 0.261 e. The van der Waals surface area contributed by atoms with Crippen molar-refractivity contribution in [2.45, 2.75) is 11.4 Å². The lowest BCUT2D eigenvalue weighted by molar-refractivity contribution is 0.601. The van der Waals surface area contributed by atoms with Gasteiger partial charge in [0.1, 0.15) is 0 Å². The van der Waals surface area contributed by atoms with Gasteiger partial charge in [-0.05, 0) is 35.9 Å². The number of anilines is 1. The fraction of sp³-hybridized carbons (Fsp3) is 0.0769. The zero-order chi connectivity index (χ0) is 13.9. The number of benzene rings is 2. The summed E-state index contributed by atoms with van der Waals surface area (Å²) in [6, 6.07) is 13.0. The van der Waals surface area contributed by atoms with Crippen molar-refractivity contribution >= 4 is 27.3 Å². The molecule has 0 amide bonds. The van der Waals surface area contributed by atoms with Crippen LogP contribution in [0.4, 0.5) is 5.69 Å². The van der Waals surface area contributed by atoms with Crippen LogP contribution in [0.5, 0.6) is 0 Å². The number of nitrogens with two attached hydrogens (primary N) is 1. The molecule has 6 heteroatoms. The van der Waals surface area contributed by atoms with Gasteiger partial charge in [0.05, 0.1) is 10.6 Å². The molecule has 2 aromatic rings. The first kappa shape index (κ1) is 13.9. The Labute approximate surface area is 117 Å². The molecule has 0 atom stereocenters. The summed E-state index contributed by atoms with van der Waals surface area (Å²) in [5.74, 6) is 0. The van der Waals surface area contributed by atoms with Gasteiger partial charge >= 0.3 is 0 Å². The third-order valence-electron chi connectivity index (χ3n) is 2.52. The molecule has 0 aliphatic carbocycles. The minimum atomic E-state index is -3.63. The van der Waals surface area contributed by atoms with E-state index in [2.05, 4.69) is 4.72 Å². The number of hydrogen-bond donors (Lipinski definition) is 2. The van der Waals surface area contributed by atoms with E-state index in [1.54, 1.807) is 42.5 Å². The van der Waals surface area contributed by atoms with Gasteiger partial charge in [-0.2, -0.15) is 0 Å². The summed E-state index contributed by atoms with van der Waals surface area (Å²) in [5, 5.41) is 0.468. The van der Waals surface area contributed by atoms with Crippen LogP contribution in [-0.2, 0) is 16.6 Å². The number of rotatable bonds is 4. The molecule has 0 aliphatic heterocycles. The summed E-state index contributed by atoms with van der Waals surface area (Å²) >= 11 is 5.82. The van der Waals surface area contributed by atoms with E-state index in [0.717, 1.165) is 5.56 Å². The number of halogens is 1. The summed E-state index contributed by atoms with van der Waals surface area (Å²) in [7, 11) is -3.63. The molecule has 0 bridgehead atoms. The first-order chi connectivity index (χ1) is 9.01. The Bertz CT molecular complexity index is 687. The van der Waals surface area contributed by atoms with E-state index in [4.69, 9.17) is 17.3 Å². The zero-order valence-electron chi connectivity index (χ0n) is 10.0. The van der Waals surface area contributed by atoms with Crippen LogP contribution in [0.15, 0.2) is 53.4 Å². The van der Waals surface area contributed by atoms with Crippen molar-refractivity contribution in [3.63, 3.8) is 0 Å². The predicted octanol–water partition coefficient (Wildman–Crippen LogP) is 2.60. The molecule has 4 nitrogen and oxygen atoms in total. The number of nitrogens with one attached hydrogen (secondary N) is 1. The van der Waals surface area contributed by atoms with E-state index in [0.29, 0.717) is 17.3 Å². The van der Waals surface area contributed by atoms with E-state index in [-0.39, 0.29) is 4.90 Å². The number of sulfonamides is 1. The molecular weight excluding hydrogens is 284 g/mol. The lowest BCUT2D eigenvalue weighted by Gasteiger charge is -2.09. The second-order valence-electron chi connectivity index (χ2n) is 3.97. The second kappa shape index (κ2) is 5.61. The summed E-state index contributed by atoms with van der Waals surface area (Å²) in [6.45, 7) is 0.292. The predicted molar refractivity (Wildman–Crippen MR) is 76.6 cm³/mol. The Balaban J connectivity index is 2.32. The van der Waals surface area contributed by atoms with Gasteiger partial charge in [0.15, 0.2) is 0 Å². The molecule has 0 saturated heterocycles. The van der Waals surface area contributed by atoms with Crippen LogP contribution in [0.25, 0.3) is 0 Å². The van der Waals surface area contributed by atoms with Crippen LogP contribution < -0.4 is 10.5 Å². The van der Waals surface area contributed by atoms with E-state index >= 15 is 0 Å². The normalized spacial score (nSPS) is 11.3. The van der Waals surface area contributed by atoms with Gasteiger partial charge in [-0.1, -0.05) is 29.8 Å². The van der Waals surface area contributed by atoms with Crippen molar-refractivity contribution < 1.29 is 8.42 Å². The lowest BCUT2D eigenvalue weighted by atomic mass is 10.2. The average Bonchev–Trinajstić information content (AvgIpc) is 2.38.